The molecule has 10 heteroatoms. The number of methoxy groups -OCH3 is 1. The second-order valence-corrected chi connectivity index (χ2v) is 8.20. The summed E-state index contributed by atoms with van der Waals surface area (Å²) in [4.78, 5) is 21.7. The first-order valence-corrected chi connectivity index (χ1v) is 11.1. The number of likely N-dealkylation sites (N-methyl/N-ethyl adjacent to an activating group) is 1. The first-order chi connectivity index (χ1) is 16.6. The van der Waals surface area contributed by atoms with Gasteiger partial charge < -0.3 is 15.0 Å². The summed E-state index contributed by atoms with van der Waals surface area (Å²) in [5, 5.41) is 12.8. The van der Waals surface area contributed by atoms with Crippen molar-refractivity contribution in [2.45, 2.75) is 19.1 Å². The average molecular weight is 463 g/mol. The Labute approximate surface area is 198 Å². The molecular formula is C24H27FN8O. The van der Waals surface area contributed by atoms with Crippen LogP contribution in [0.1, 0.15) is 17.7 Å². The van der Waals surface area contributed by atoms with Crippen LogP contribution in [0.4, 0.5) is 21.8 Å². The quantitative estimate of drug-likeness (QED) is 0.513. The van der Waals surface area contributed by atoms with Gasteiger partial charge in [-0.1, -0.05) is 0 Å². The summed E-state index contributed by atoms with van der Waals surface area (Å²) in [7, 11) is 3.71. The van der Waals surface area contributed by atoms with Crippen LogP contribution in [0.2, 0.25) is 0 Å². The maximum atomic E-state index is 13.6. The van der Waals surface area contributed by atoms with E-state index in [0.717, 1.165) is 24.5 Å². The van der Waals surface area contributed by atoms with Crippen molar-refractivity contribution in [1.29, 1.82) is 5.26 Å². The van der Waals surface area contributed by atoms with E-state index >= 15 is 0 Å². The number of rotatable bonds is 9. The fourth-order valence-corrected chi connectivity index (χ4v) is 3.75. The van der Waals surface area contributed by atoms with E-state index in [1.54, 1.807) is 37.8 Å². The summed E-state index contributed by atoms with van der Waals surface area (Å²) in [5.74, 6) is 0.921. The number of ether oxygens (including phenoxy) is 1. The van der Waals surface area contributed by atoms with Gasteiger partial charge in [-0.05, 0) is 37.7 Å². The second-order valence-electron chi connectivity index (χ2n) is 8.20. The van der Waals surface area contributed by atoms with Gasteiger partial charge in [-0.3, -0.25) is 9.88 Å². The van der Waals surface area contributed by atoms with Crippen LogP contribution < -0.4 is 10.2 Å². The van der Waals surface area contributed by atoms with Crippen molar-refractivity contribution in [3.8, 4) is 17.3 Å². The van der Waals surface area contributed by atoms with E-state index in [-0.39, 0.29) is 6.54 Å². The Balaban J connectivity index is 1.45. The molecule has 4 heterocycles. The molecule has 1 unspecified atom stereocenters. The first kappa shape index (κ1) is 23.5. The normalized spacial score (nSPS) is 15.5. The van der Waals surface area contributed by atoms with E-state index in [4.69, 9.17) is 4.74 Å². The Morgan fingerprint density at radius 3 is 2.85 bits per heavy atom. The van der Waals surface area contributed by atoms with Crippen molar-refractivity contribution in [3.63, 3.8) is 0 Å². The van der Waals surface area contributed by atoms with Gasteiger partial charge in [-0.25, -0.2) is 19.3 Å². The summed E-state index contributed by atoms with van der Waals surface area (Å²) in [5.41, 5.74) is 3.43. The molecule has 0 aromatic carbocycles. The largest absolute Gasteiger partial charge is 0.383 e. The number of anilines is 3. The van der Waals surface area contributed by atoms with Crippen LogP contribution in [-0.4, -0.2) is 71.4 Å². The Hall–Kier alpha value is -3.68. The number of aromatic nitrogens is 4. The zero-order valence-corrected chi connectivity index (χ0v) is 19.3. The molecule has 0 aliphatic carbocycles. The molecule has 1 aliphatic heterocycles. The van der Waals surface area contributed by atoms with Gasteiger partial charge in [0.1, 0.15) is 18.1 Å². The lowest BCUT2D eigenvalue weighted by Crippen LogP contribution is -2.22. The van der Waals surface area contributed by atoms with E-state index < -0.39 is 6.17 Å². The van der Waals surface area contributed by atoms with Crippen molar-refractivity contribution in [1.82, 2.24) is 24.8 Å². The van der Waals surface area contributed by atoms with E-state index in [0.29, 0.717) is 48.2 Å². The number of nitrogens with one attached hydrogen (secondary N) is 1. The van der Waals surface area contributed by atoms with Crippen LogP contribution in [0, 0.1) is 11.3 Å². The molecule has 0 spiro atoms. The van der Waals surface area contributed by atoms with Crippen LogP contribution >= 0.6 is 0 Å². The summed E-state index contributed by atoms with van der Waals surface area (Å²) in [6.45, 7) is 3.05. The highest BCUT2D eigenvalue weighted by Gasteiger charge is 2.25. The van der Waals surface area contributed by atoms with E-state index in [2.05, 4.69) is 36.2 Å². The summed E-state index contributed by atoms with van der Waals surface area (Å²) in [6.07, 6.45) is 4.61. The lowest BCUT2D eigenvalue weighted by atomic mass is 10.1. The molecule has 3 aromatic rings. The molecule has 0 amide bonds. The minimum absolute atomic E-state index is 0.263. The Kier molecular flexibility index (Phi) is 7.57. The van der Waals surface area contributed by atoms with E-state index in [1.807, 2.05) is 24.1 Å². The van der Waals surface area contributed by atoms with Gasteiger partial charge >= 0.3 is 0 Å². The zero-order chi connectivity index (χ0) is 23.9. The molecule has 34 heavy (non-hydrogen) atoms. The number of nitriles is 1. The smallest absolute Gasteiger partial charge is 0.227 e. The molecule has 0 bridgehead atoms. The van der Waals surface area contributed by atoms with Gasteiger partial charge in [0.25, 0.3) is 0 Å². The molecule has 4 rings (SSSR count). The monoisotopic (exact) mass is 462 g/mol. The van der Waals surface area contributed by atoms with Crippen LogP contribution in [0.3, 0.4) is 0 Å². The fourth-order valence-electron chi connectivity index (χ4n) is 3.75. The van der Waals surface area contributed by atoms with Crippen LogP contribution in [0.25, 0.3) is 11.3 Å². The third kappa shape index (κ3) is 5.81. The molecule has 1 atom stereocenters. The topological polar surface area (TPSA) is 103 Å². The Morgan fingerprint density at radius 2 is 2.15 bits per heavy atom. The van der Waals surface area contributed by atoms with Crippen LogP contribution in [0.15, 0.2) is 42.9 Å². The third-order valence-electron chi connectivity index (χ3n) is 5.56. The SMILES string of the molecule is COCCN(C)Cc1ccc(Nc2nccc(-c3cnc(N4CCC(F)C4)c(C#N)c3)n2)cn1. The first-order valence-electron chi connectivity index (χ1n) is 11.1. The molecule has 1 aliphatic rings. The van der Waals surface area contributed by atoms with Gasteiger partial charge in [0.05, 0.1) is 42.0 Å². The van der Waals surface area contributed by atoms with E-state index in [1.165, 1.54) is 0 Å². The van der Waals surface area contributed by atoms with Gasteiger partial charge in [0, 0.05) is 44.7 Å². The number of hydrogen-bond donors (Lipinski definition) is 1. The number of hydrogen-bond acceptors (Lipinski definition) is 9. The lowest BCUT2D eigenvalue weighted by molar-refractivity contribution is 0.158. The minimum Gasteiger partial charge on any atom is -0.383 e. The lowest BCUT2D eigenvalue weighted by Gasteiger charge is -2.18. The molecule has 176 valence electrons. The predicted octanol–water partition coefficient (Wildman–Crippen LogP) is 3.18. The molecule has 3 aromatic heterocycles. The fraction of sp³-hybridized carbons (Fsp3) is 0.375. The van der Waals surface area contributed by atoms with E-state index in [9.17, 15) is 9.65 Å². The van der Waals surface area contributed by atoms with Gasteiger partial charge in [-0.2, -0.15) is 5.26 Å². The average Bonchev–Trinajstić information content (AvgIpc) is 3.29. The van der Waals surface area contributed by atoms with Crippen molar-refractivity contribution in [2.75, 3.05) is 50.6 Å². The Morgan fingerprint density at radius 1 is 1.26 bits per heavy atom. The number of pyridine rings is 2. The van der Waals surface area contributed by atoms with Gasteiger partial charge in [0.2, 0.25) is 5.95 Å². The Bertz CT molecular complexity index is 1150. The minimum atomic E-state index is -0.886. The van der Waals surface area contributed by atoms with Gasteiger partial charge in [0.15, 0.2) is 0 Å². The second kappa shape index (κ2) is 11.0. The zero-order valence-electron chi connectivity index (χ0n) is 19.3. The standard InChI is InChI=1S/C24H27FN8O/c1-32(9-10-34-2)16-21-4-3-20(14-28-21)30-24-27-7-5-22(31-24)18-11-17(12-26)23(29-13-18)33-8-6-19(25)15-33/h3-5,7,11,13-14,19H,6,8-10,15-16H2,1-2H3,(H,27,30,31). The molecule has 1 fully saturated rings. The van der Waals surface area contributed by atoms with Crippen LogP contribution in [0.5, 0.6) is 0 Å². The number of halogens is 1. The summed E-state index contributed by atoms with van der Waals surface area (Å²) >= 11 is 0. The molecule has 0 radical (unpaired) electrons. The molecule has 0 saturated carbocycles. The third-order valence-corrected chi connectivity index (χ3v) is 5.56. The van der Waals surface area contributed by atoms with Crippen molar-refractivity contribution >= 4 is 17.5 Å². The van der Waals surface area contributed by atoms with Crippen molar-refractivity contribution in [3.05, 3.63) is 54.1 Å². The molecule has 1 N–H and O–H groups in total. The molecule has 9 nitrogen and oxygen atoms in total. The van der Waals surface area contributed by atoms with Crippen LogP contribution in [-0.2, 0) is 11.3 Å². The highest BCUT2D eigenvalue weighted by molar-refractivity contribution is 5.67. The highest BCUT2D eigenvalue weighted by atomic mass is 19.1. The summed E-state index contributed by atoms with van der Waals surface area (Å²) < 4.78 is 18.7. The molecular weight excluding hydrogens is 435 g/mol. The van der Waals surface area contributed by atoms with Gasteiger partial charge in [-0.15, -0.1) is 0 Å². The maximum absolute atomic E-state index is 13.6. The highest BCUT2D eigenvalue weighted by Crippen LogP contribution is 2.27. The number of alkyl halides is 1. The predicted molar refractivity (Wildman–Crippen MR) is 127 cm³/mol. The summed E-state index contributed by atoms with van der Waals surface area (Å²) in [6, 6.07) is 9.56. The molecule has 1 saturated heterocycles. The number of nitrogens with zero attached hydrogens (tertiary/aromatic N) is 7. The maximum Gasteiger partial charge on any atom is 0.227 e. The van der Waals surface area contributed by atoms with Crippen molar-refractivity contribution in [2.24, 2.45) is 0 Å². The van der Waals surface area contributed by atoms with Crippen molar-refractivity contribution < 1.29 is 9.13 Å².